The van der Waals surface area contributed by atoms with Crippen molar-refractivity contribution in [3.05, 3.63) is 0 Å². The lowest BCUT2D eigenvalue weighted by molar-refractivity contribution is -0.149. The number of nitrogens with zero attached hydrogens (tertiary/aromatic N) is 1. The number of hydrogen-bond donors (Lipinski definition) is 1. The molecule has 0 aromatic heterocycles. The zero-order valence-electron chi connectivity index (χ0n) is 10.7. The Kier molecular flexibility index (Phi) is 6.03. The second-order valence-corrected chi connectivity index (χ2v) is 4.41. The van der Waals surface area contributed by atoms with Gasteiger partial charge in [-0.15, -0.1) is 0 Å². The van der Waals surface area contributed by atoms with E-state index in [1.54, 1.807) is 0 Å². The van der Waals surface area contributed by atoms with Crippen molar-refractivity contribution in [2.24, 2.45) is 11.7 Å². The highest BCUT2D eigenvalue weighted by Crippen LogP contribution is 2.07. The Balaban J connectivity index is 4.66. The fourth-order valence-electron chi connectivity index (χ4n) is 1.20. The van der Waals surface area contributed by atoms with Crippen LogP contribution < -0.4 is 5.73 Å². The Labute approximate surface area is 96.9 Å². The lowest BCUT2D eigenvalue weighted by atomic mass is 10.0. The molecule has 0 aliphatic rings. The van der Waals surface area contributed by atoms with E-state index in [2.05, 4.69) is 4.74 Å². The van der Waals surface area contributed by atoms with E-state index < -0.39 is 12.0 Å². The molecule has 5 nitrogen and oxygen atoms in total. The van der Waals surface area contributed by atoms with Gasteiger partial charge in [0.05, 0.1) is 13.2 Å². The van der Waals surface area contributed by atoms with Crippen LogP contribution >= 0.6 is 0 Å². The van der Waals surface area contributed by atoms with Crippen molar-refractivity contribution < 1.29 is 14.3 Å². The first-order chi connectivity index (χ1) is 7.31. The van der Waals surface area contributed by atoms with Gasteiger partial charge in [-0.05, 0) is 19.8 Å². The molecule has 94 valence electrons. The second-order valence-electron chi connectivity index (χ2n) is 4.41. The lowest BCUT2D eigenvalue weighted by Gasteiger charge is -2.29. The fourth-order valence-corrected chi connectivity index (χ4v) is 1.20. The van der Waals surface area contributed by atoms with Crippen LogP contribution in [0.2, 0.25) is 0 Å². The van der Waals surface area contributed by atoms with Crippen LogP contribution in [0, 0.1) is 5.92 Å². The van der Waals surface area contributed by atoms with Gasteiger partial charge in [0.1, 0.15) is 6.54 Å². The Morgan fingerprint density at radius 1 is 1.25 bits per heavy atom. The largest absolute Gasteiger partial charge is 0.468 e. The van der Waals surface area contributed by atoms with Crippen LogP contribution in [-0.2, 0) is 14.3 Å². The number of ether oxygens (including phenoxy) is 1. The average Bonchev–Trinajstić information content (AvgIpc) is 2.22. The molecule has 0 saturated carbocycles. The molecule has 0 aromatic carbocycles. The molecule has 16 heavy (non-hydrogen) atoms. The van der Waals surface area contributed by atoms with E-state index in [1.165, 1.54) is 12.0 Å². The summed E-state index contributed by atoms with van der Waals surface area (Å²) in [7, 11) is 1.30. The van der Waals surface area contributed by atoms with Gasteiger partial charge in [0.2, 0.25) is 5.91 Å². The molecule has 0 aliphatic carbocycles. The minimum atomic E-state index is -0.577. The van der Waals surface area contributed by atoms with Crippen LogP contribution in [0.1, 0.15) is 27.7 Å². The van der Waals surface area contributed by atoms with Gasteiger partial charge in [-0.25, -0.2) is 0 Å². The first-order valence-electron chi connectivity index (χ1n) is 5.44. The zero-order valence-corrected chi connectivity index (χ0v) is 10.7. The monoisotopic (exact) mass is 230 g/mol. The summed E-state index contributed by atoms with van der Waals surface area (Å²) in [6, 6.07) is -0.650. The van der Waals surface area contributed by atoms with Crippen molar-refractivity contribution in [3.8, 4) is 0 Å². The Morgan fingerprint density at radius 2 is 1.75 bits per heavy atom. The molecule has 0 aliphatic heterocycles. The summed E-state index contributed by atoms with van der Waals surface area (Å²) in [5.74, 6) is -0.597. The topological polar surface area (TPSA) is 72.6 Å². The van der Waals surface area contributed by atoms with E-state index in [-0.39, 0.29) is 24.4 Å². The summed E-state index contributed by atoms with van der Waals surface area (Å²) in [6.45, 7) is 7.38. The molecule has 2 N–H and O–H groups in total. The standard InChI is InChI=1S/C11H22N2O3/c1-7(2)10(12)11(15)13(8(3)4)6-9(14)16-5/h7-8,10H,6,12H2,1-5H3/t10-/m0/s1. The van der Waals surface area contributed by atoms with Crippen LogP contribution in [0.5, 0.6) is 0 Å². The van der Waals surface area contributed by atoms with Crippen molar-refractivity contribution in [2.45, 2.75) is 39.8 Å². The number of methoxy groups -OCH3 is 1. The van der Waals surface area contributed by atoms with Gasteiger partial charge in [0.25, 0.3) is 0 Å². The Hall–Kier alpha value is -1.10. The molecule has 0 spiro atoms. The SMILES string of the molecule is COC(=O)CN(C(=O)[C@@H](N)C(C)C)C(C)C. The van der Waals surface area contributed by atoms with E-state index in [1.807, 2.05) is 27.7 Å². The van der Waals surface area contributed by atoms with E-state index in [0.717, 1.165) is 0 Å². The van der Waals surface area contributed by atoms with Crippen molar-refractivity contribution in [1.29, 1.82) is 0 Å². The van der Waals surface area contributed by atoms with Crippen LogP contribution in [0.15, 0.2) is 0 Å². The number of carbonyl (C=O) groups is 2. The summed E-state index contributed by atoms with van der Waals surface area (Å²) in [6.07, 6.45) is 0. The Bertz CT molecular complexity index is 252. The number of hydrogen-bond acceptors (Lipinski definition) is 4. The van der Waals surface area contributed by atoms with E-state index in [9.17, 15) is 9.59 Å². The second kappa shape index (κ2) is 6.48. The van der Waals surface area contributed by atoms with Gasteiger partial charge in [-0.3, -0.25) is 9.59 Å². The van der Waals surface area contributed by atoms with Crippen molar-refractivity contribution in [1.82, 2.24) is 4.90 Å². The number of amides is 1. The smallest absolute Gasteiger partial charge is 0.325 e. The maximum Gasteiger partial charge on any atom is 0.325 e. The molecule has 0 rings (SSSR count). The third kappa shape index (κ3) is 4.18. The molecule has 0 aromatic rings. The third-order valence-corrected chi connectivity index (χ3v) is 2.44. The quantitative estimate of drug-likeness (QED) is 0.693. The molecule has 0 fully saturated rings. The lowest BCUT2D eigenvalue weighted by Crippen LogP contribution is -2.51. The predicted octanol–water partition coefficient (Wildman–Crippen LogP) is 0.380. The third-order valence-electron chi connectivity index (χ3n) is 2.44. The molecule has 1 amide bonds. The van der Waals surface area contributed by atoms with Gasteiger partial charge in [-0.2, -0.15) is 0 Å². The van der Waals surface area contributed by atoms with Gasteiger partial charge < -0.3 is 15.4 Å². The summed E-state index contributed by atoms with van der Waals surface area (Å²) < 4.78 is 4.55. The number of esters is 1. The molecule has 0 bridgehead atoms. The zero-order chi connectivity index (χ0) is 12.9. The maximum absolute atomic E-state index is 12.0. The van der Waals surface area contributed by atoms with E-state index >= 15 is 0 Å². The normalized spacial score (nSPS) is 12.8. The van der Waals surface area contributed by atoms with Gasteiger partial charge in [0.15, 0.2) is 0 Å². The first kappa shape index (κ1) is 14.9. The summed E-state index contributed by atoms with van der Waals surface area (Å²) in [5, 5.41) is 0. The predicted molar refractivity (Wildman–Crippen MR) is 61.7 cm³/mol. The fraction of sp³-hybridized carbons (Fsp3) is 0.818. The van der Waals surface area contributed by atoms with Gasteiger partial charge >= 0.3 is 5.97 Å². The number of carbonyl (C=O) groups excluding carboxylic acids is 2. The minimum absolute atomic E-state index is 0.0476. The maximum atomic E-state index is 12.0. The molecule has 1 atom stereocenters. The highest BCUT2D eigenvalue weighted by molar-refractivity contribution is 5.86. The van der Waals surface area contributed by atoms with E-state index in [0.29, 0.717) is 0 Å². The van der Waals surface area contributed by atoms with E-state index in [4.69, 9.17) is 5.73 Å². The molecule has 0 heterocycles. The molecule has 0 radical (unpaired) electrons. The van der Waals surface area contributed by atoms with Crippen LogP contribution in [0.25, 0.3) is 0 Å². The first-order valence-corrected chi connectivity index (χ1v) is 5.44. The number of nitrogens with two attached hydrogens (primary N) is 1. The summed E-state index contributed by atoms with van der Waals surface area (Å²) >= 11 is 0. The number of rotatable bonds is 5. The molecule has 5 heteroatoms. The van der Waals surface area contributed by atoms with Gasteiger partial charge in [-0.1, -0.05) is 13.8 Å². The average molecular weight is 230 g/mol. The highest BCUT2D eigenvalue weighted by atomic mass is 16.5. The highest BCUT2D eigenvalue weighted by Gasteiger charge is 2.27. The molecular weight excluding hydrogens is 208 g/mol. The molecule has 0 saturated heterocycles. The molecular formula is C11H22N2O3. The van der Waals surface area contributed by atoms with Crippen molar-refractivity contribution >= 4 is 11.9 Å². The summed E-state index contributed by atoms with van der Waals surface area (Å²) in [4.78, 5) is 24.6. The van der Waals surface area contributed by atoms with Gasteiger partial charge in [0, 0.05) is 6.04 Å². The van der Waals surface area contributed by atoms with Crippen molar-refractivity contribution in [2.75, 3.05) is 13.7 Å². The van der Waals surface area contributed by atoms with Crippen LogP contribution in [-0.4, -0.2) is 42.5 Å². The molecule has 0 unspecified atom stereocenters. The van der Waals surface area contributed by atoms with Crippen molar-refractivity contribution in [3.63, 3.8) is 0 Å². The van der Waals surface area contributed by atoms with Crippen LogP contribution in [0.4, 0.5) is 0 Å². The minimum Gasteiger partial charge on any atom is -0.468 e. The Morgan fingerprint density at radius 3 is 2.06 bits per heavy atom. The van der Waals surface area contributed by atoms with Crippen LogP contribution in [0.3, 0.4) is 0 Å². The summed E-state index contributed by atoms with van der Waals surface area (Å²) in [5.41, 5.74) is 5.77.